The Bertz CT molecular complexity index is 808. The topological polar surface area (TPSA) is 111 Å². The minimum Gasteiger partial charge on any atom is -0.444 e. The number of nitro benzene ring substituents is 1. The Balaban J connectivity index is 2.32. The standard InChI is InChI=1S/C20H28FN3O6/c1-20(2,3)30-19(26)22-11-13-6-5-9-23(13)18-15(10-14(25)12-29-4)16(21)7-8-17(18)24(27)28/h7-8,13H,5-6,9-12H2,1-4H3,(H,22,26)/t13-/m0/s1. The summed E-state index contributed by atoms with van der Waals surface area (Å²) in [6.07, 6.45) is 0.437. The van der Waals surface area contributed by atoms with E-state index in [1.165, 1.54) is 7.11 Å². The number of halogens is 1. The van der Waals surface area contributed by atoms with Gasteiger partial charge < -0.3 is 19.7 Å². The number of alkyl carbamates (subject to hydrolysis) is 1. The summed E-state index contributed by atoms with van der Waals surface area (Å²) in [5, 5.41) is 14.3. The third-order valence-electron chi connectivity index (χ3n) is 4.63. The maximum absolute atomic E-state index is 14.6. The number of ketones is 1. The number of rotatable bonds is 8. The Kier molecular flexibility index (Phi) is 7.71. The first-order valence-electron chi connectivity index (χ1n) is 9.73. The van der Waals surface area contributed by atoms with Crippen molar-refractivity contribution < 1.29 is 28.4 Å². The van der Waals surface area contributed by atoms with Gasteiger partial charge in [0.1, 0.15) is 23.7 Å². The number of amides is 1. The predicted molar refractivity (Wildman–Crippen MR) is 108 cm³/mol. The maximum atomic E-state index is 14.6. The Hall–Kier alpha value is -2.75. The Morgan fingerprint density at radius 3 is 2.67 bits per heavy atom. The van der Waals surface area contributed by atoms with Crippen molar-refractivity contribution in [1.29, 1.82) is 0 Å². The largest absolute Gasteiger partial charge is 0.444 e. The van der Waals surface area contributed by atoms with E-state index >= 15 is 0 Å². The summed E-state index contributed by atoms with van der Waals surface area (Å²) in [7, 11) is 1.35. The number of nitro groups is 1. The fourth-order valence-corrected chi connectivity index (χ4v) is 3.50. The minimum atomic E-state index is -0.689. The van der Waals surface area contributed by atoms with Gasteiger partial charge >= 0.3 is 6.09 Å². The molecule has 1 fully saturated rings. The Morgan fingerprint density at radius 2 is 2.07 bits per heavy atom. The summed E-state index contributed by atoms with van der Waals surface area (Å²) in [6.45, 7) is 5.63. The first-order valence-corrected chi connectivity index (χ1v) is 9.73. The molecular formula is C20H28FN3O6. The molecule has 166 valence electrons. The van der Waals surface area contributed by atoms with Crippen LogP contribution in [0.4, 0.5) is 20.6 Å². The van der Waals surface area contributed by atoms with E-state index in [9.17, 15) is 24.1 Å². The highest BCUT2D eigenvalue weighted by atomic mass is 19.1. The van der Waals surface area contributed by atoms with Crippen LogP contribution in [-0.4, -0.2) is 55.2 Å². The lowest BCUT2D eigenvalue weighted by atomic mass is 10.0. The SMILES string of the molecule is COCC(=O)Cc1c(F)ccc([N+](=O)[O-])c1N1CCC[C@H]1CNC(=O)OC(C)(C)C. The third-order valence-corrected chi connectivity index (χ3v) is 4.63. The summed E-state index contributed by atoms with van der Waals surface area (Å²) in [6, 6.07) is 1.81. The van der Waals surface area contributed by atoms with E-state index in [-0.39, 0.29) is 48.3 Å². The van der Waals surface area contributed by atoms with Gasteiger partial charge in [-0.3, -0.25) is 14.9 Å². The molecule has 1 aromatic rings. The molecule has 0 unspecified atom stereocenters. The molecule has 1 amide bonds. The molecule has 1 aliphatic rings. The monoisotopic (exact) mass is 425 g/mol. The van der Waals surface area contributed by atoms with Crippen LogP contribution in [-0.2, 0) is 20.7 Å². The van der Waals surface area contributed by atoms with Crippen LogP contribution in [0.1, 0.15) is 39.2 Å². The number of carbonyl (C=O) groups excluding carboxylic acids is 2. The predicted octanol–water partition coefficient (Wildman–Crippen LogP) is 2.99. The van der Waals surface area contributed by atoms with Crippen LogP contribution < -0.4 is 10.2 Å². The van der Waals surface area contributed by atoms with Crippen molar-refractivity contribution in [2.75, 3.05) is 31.7 Å². The second-order valence-electron chi connectivity index (χ2n) is 8.17. The van der Waals surface area contributed by atoms with Gasteiger partial charge in [-0.1, -0.05) is 0 Å². The normalized spacial score (nSPS) is 16.4. The van der Waals surface area contributed by atoms with Crippen molar-refractivity contribution in [2.24, 2.45) is 0 Å². The first kappa shape index (κ1) is 23.5. The fraction of sp³-hybridized carbons (Fsp3) is 0.600. The average molecular weight is 425 g/mol. The number of Topliss-reactive ketones (excluding diaryl/α,β-unsaturated/α-hetero) is 1. The van der Waals surface area contributed by atoms with Gasteiger partial charge in [0.25, 0.3) is 5.69 Å². The Labute approximate surface area is 174 Å². The zero-order chi connectivity index (χ0) is 22.5. The molecule has 1 aromatic carbocycles. The van der Waals surface area contributed by atoms with Crippen LogP contribution in [0.3, 0.4) is 0 Å². The van der Waals surface area contributed by atoms with E-state index in [0.29, 0.717) is 19.4 Å². The highest BCUT2D eigenvalue weighted by molar-refractivity contribution is 5.85. The van der Waals surface area contributed by atoms with Gasteiger partial charge in [0.05, 0.1) is 4.92 Å². The van der Waals surface area contributed by atoms with E-state index in [1.807, 2.05) is 0 Å². The highest BCUT2D eigenvalue weighted by Crippen LogP contribution is 2.38. The summed E-state index contributed by atoms with van der Waals surface area (Å²) in [5.74, 6) is -1.08. The number of nitrogens with zero attached hydrogens (tertiary/aromatic N) is 2. The molecule has 0 bridgehead atoms. The molecule has 0 saturated carbocycles. The fourth-order valence-electron chi connectivity index (χ4n) is 3.50. The van der Waals surface area contributed by atoms with Crippen molar-refractivity contribution in [3.8, 4) is 0 Å². The summed E-state index contributed by atoms with van der Waals surface area (Å²) in [4.78, 5) is 36.8. The second kappa shape index (κ2) is 9.84. The van der Waals surface area contributed by atoms with Crippen LogP contribution in [0.2, 0.25) is 0 Å². The second-order valence-corrected chi connectivity index (χ2v) is 8.17. The van der Waals surface area contributed by atoms with Gasteiger partial charge in [0, 0.05) is 44.3 Å². The molecular weight excluding hydrogens is 397 g/mol. The third kappa shape index (κ3) is 6.12. The molecule has 0 aromatic heterocycles. The zero-order valence-corrected chi connectivity index (χ0v) is 17.7. The number of hydrogen-bond donors (Lipinski definition) is 1. The van der Waals surface area contributed by atoms with Crippen molar-refractivity contribution in [2.45, 2.75) is 51.7 Å². The van der Waals surface area contributed by atoms with Gasteiger partial charge in [0.2, 0.25) is 0 Å². The molecule has 0 spiro atoms. The molecule has 9 nitrogen and oxygen atoms in total. The van der Waals surface area contributed by atoms with Gasteiger partial charge in [-0.15, -0.1) is 0 Å². The minimum absolute atomic E-state index is 0.0320. The molecule has 1 N–H and O–H groups in total. The Morgan fingerprint density at radius 1 is 1.37 bits per heavy atom. The number of hydrogen-bond acceptors (Lipinski definition) is 7. The van der Waals surface area contributed by atoms with E-state index in [0.717, 1.165) is 12.1 Å². The lowest BCUT2D eigenvalue weighted by Gasteiger charge is -2.29. The molecule has 0 aliphatic carbocycles. The van der Waals surface area contributed by atoms with E-state index < -0.39 is 22.4 Å². The lowest BCUT2D eigenvalue weighted by molar-refractivity contribution is -0.384. The van der Waals surface area contributed by atoms with Gasteiger partial charge in [-0.25, -0.2) is 9.18 Å². The molecule has 1 saturated heterocycles. The van der Waals surface area contributed by atoms with E-state index in [2.05, 4.69) is 5.32 Å². The van der Waals surface area contributed by atoms with Crippen LogP contribution in [0.15, 0.2) is 12.1 Å². The van der Waals surface area contributed by atoms with Gasteiger partial charge in [-0.05, 0) is 39.7 Å². The summed E-state index contributed by atoms with van der Waals surface area (Å²) in [5.41, 5.74) is -0.885. The van der Waals surface area contributed by atoms with Crippen LogP contribution in [0.25, 0.3) is 0 Å². The van der Waals surface area contributed by atoms with Crippen molar-refractivity contribution in [3.05, 3.63) is 33.6 Å². The zero-order valence-electron chi connectivity index (χ0n) is 17.7. The number of carbonyl (C=O) groups is 2. The van der Waals surface area contributed by atoms with E-state index in [1.54, 1.807) is 25.7 Å². The molecule has 1 atom stereocenters. The summed E-state index contributed by atoms with van der Waals surface area (Å²) < 4.78 is 24.7. The smallest absolute Gasteiger partial charge is 0.407 e. The number of anilines is 1. The molecule has 2 rings (SSSR count). The maximum Gasteiger partial charge on any atom is 0.407 e. The van der Waals surface area contributed by atoms with Gasteiger partial charge in [0.15, 0.2) is 5.78 Å². The first-order chi connectivity index (χ1) is 14.0. The molecule has 0 radical (unpaired) electrons. The number of benzene rings is 1. The average Bonchev–Trinajstić information content (AvgIpc) is 3.08. The van der Waals surface area contributed by atoms with Crippen molar-refractivity contribution in [3.63, 3.8) is 0 Å². The summed E-state index contributed by atoms with van der Waals surface area (Å²) >= 11 is 0. The van der Waals surface area contributed by atoms with Gasteiger partial charge in [-0.2, -0.15) is 0 Å². The highest BCUT2D eigenvalue weighted by Gasteiger charge is 2.34. The van der Waals surface area contributed by atoms with Crippen LogP contribution in [0, 0.1) is 15.9 Å². The quantitative estimate of drug-likeness (QED) is 0.503. The van der Waals surface area contributed by atoms with Crippen LogP contribution in [0.5, 0.6) is 0 Å². The molecule has 1 aliphatic heterocycles. The van der Waals surface area contributed by atoms with Crippen molar-refractivity contribution >= 4 is 23.3 Å². The number of ether oxygens (including phenoxy) is 2. The van der Waals surface area contributed by atoms with Crippen LogP contribution >= 0.6 is 0 Å². The molecule has 30 heavy (non-hydrogen) atoms. The lowest BCUT2D eigenvalue weighted by Crippen LogP contribution is -2.42. The number of nitrogens with one attached hydrogen (secondary N) is 1. The molecule has 10 heteroatoms. The number of methoxy groups -OCH3 is 1. The molecule has 1 heterocycles. The van der Waals surface area contributed by atoms with Crippen molar-refractivity contribution in [1.82, 2.24) is 5.32 Å². The van der Waals surface area contributed by atoms with E-state index in [4.69, 9.17) is 9.47 Å².